The molecule has 0 spiro atoms. The lowest BCUT2D eigenvalue weighted by Gasteiger charge is -2.03. The molecule has 0 atom stereocenters. The van der Waals surface area contributed by atoms with Crippen molar-refractivity contribution in [3.8, 4) is 11.5 Å². The van der Waals surface area contributed by atoms with E-state index in [-0.39, 0.29) is 23.6 Å². The SMILES string of the molecule is [B]c1cc(CO)cc(O)c1O. The van der Waals surface area contributed by atoms with Crippen molar-refractivity contribution in [1.82, 2.24) is 0 Å². The summed E-state index contributed by atoms with van der Waals surface area (Å²) in [5.41, 5.74) is 0.534. The predicted molar refractivity (Wildman–Crippen MR) is 41.1 cm³/mol. The van der Waals surface area contributed by atoms with E-state index in [9.17, 15) is 0 Å². The van der Waals surface area contributed by atoms with Gasteiger partial charge in [-0.3, -0.25) is 0 Å². The molecule has 0 heterocycles. The first-order valence-electron chi connectivity index (χ1n) is 3.06. The minimum atomic E-state index is -0.345. The van der Waals surface area contributed by atoms with Gasteiger partial charge in [-0.25, -0.2) is 0 Å². The number of hydrogen-bond donors (Lipinski definition) is 3. The second-order valence-electron chi connectivity index (χ2n) is 2.21. The van der Waals surface area contributed by atoms with Crippen LogP contribution in [0.25, 0.3) is 0 Å². The quantitative estimate of drug-likeness (QED) is 0.369. The Morgan fingerprint density at radius 3 is 2.36 bits per heavy atom. The van der Waals surface area contributed by atoms with E-state index in [4.69, 9.17) is 23.2 Å². The Kier molecular flexibility index (Phi) is 2.05. The van der Waals surface area contributed by atoms with Gasteiger partial charge in [-0.15, -0.1) is 0 Å². The largest absolute Gasteiger partial charge is 0.505 e. The van der Waals surface area contributed by atoms with Crippen LogP contribution < -0.4 is 5.46 Å². The first kappa shape index (κ1) is 7.95. The Balaban J connectivity index is 3.21. The van der Waals surface area contributed by atoms with E-state index in [0.717, 1.165) is 0 Å². The standard InChI is InChI=1S/C7H7BO3/c8-5-1-4(3-9)2-6(10)7(5)11/h1-2,9-11H,3H2. The highest BCUT2D eigenvalue weighted by Crippen LogP contribution is 2.22. The van der Waals surface area contributed by atoms with Crippen LogP contribution in [0.1, 0.15) is 5.56 Å². The number of phenols is 2. The summed E-state index contributed by atoms with van der Waals surface area (Å²) in [7, 11) is 5.28. The Morgan fingerprint density at radius 1 is 1.27 bits per heavy atom. The number of hydrogen-bond acceptors (Lipinski definition) is 3. The number of aromatic hydroxyl groups is 2. The zero-order valence-electron chi connectivity index (χ0n) is 5.78. The van der Waals surface area contributed by atoms with Crippen molar-refractivity contribution in [1.29, 1.82) is 0 Å². The van der Waals surface area contributed by atoms with Gasteiger partial charge >= 0.3 is 0 Å². The van der Waals surface area contributed by atoms with Gasteiger partial charge < -0.3 is 15.3 Å². The lowest BCUT2D eigenvalue weighted by atomic mass is 9.93. The van der Waals surface area contributed by atoms with Gasteiger partial charge in [0.05, 0.1) is 6.61 Å². The number of rotatable bonds is 1. The third kappa shape index (κ3) is 1.46. The maximum absolute atomic E-state index is 8.97. The summed E-state index contributed by atoms with van der Waals surface area (Å²) < 4.78 is 0. The summed E-state index contributed by atoms with van der Waals surface area (Å²) in [6.45, 7) is -0.210. The Bertz CT molecular complexity index is 249. The molecule has 56 valence electrons. The molecule has 1 rings (SSSR count). The van der Waals surface area contributed by atoms with Gasteiger partial charge in [0, 0.05) is 0 Å². The van der Waals surface area contributed by atoms with E-state index in [0.29, 0.717) is 5.56 Å². The second kappa shape index (κ2) is 2.84. The van der Waals surface area contributed by atoms with Crippen LogP contribution in [0.4, 0.5) is 0 Å². The van der Waals surface area contributed by atoms with Crippen molar-refractivity contribution >= 4 is 13.3 Å². The molecule has 0 saturated carbocycles. The van der Waals surface area contributed by atoms with Crippen LogP contribution in [0.3, 0.4) is 0 Å². The highest BCUT2D eigenvalue weighted by atomic mass is 16.3. The van der Waals surface area contributed by atoms with E-state index in [1.807, 2.05) is 0 Å². The fraction of sp³-hybridized carbons (Fsp3) is 0.143. The van der Waals surface area contributed by atoms with Crippen LogP contribution in [0, 0.1) is 0 Å². The highest BCUT2D eigenvalue weighted by Gasteiger charge is 2.03. The van der Waals surface area contributed by atoms with Crippen molar-refractivity contribution < 1.29 is 15.3 Å². The molecule has 2 radical (unpaired) electrons. The first-order chi connectivity index (χ1) is 5.15. The number of benzene rings is 1. The maximum Gasteiger partial charge on any atom is 0.157 e. The molecule has 3 N–H and O–H groups in total. The molecule has 3 nitrogen and oxygen atoms in total. The maximum atomic E-state index is 8.97. The zero-order valence-corrected chi connectivity index (χ0v) is 5.78. The molecule has 0 bridgehead atoms. The first-order valence-corrected chi connectivity index (χ1v) is 3.06. The second-order valence-corrected chi connectivity index (χ2v) is 2.21. The number of aliphatic hydroxyl groups is 1. The lowest BCUT2D eigenvalue weighted by molar-refractivity contribution is 0.281. The fourth-order valence-electron chi connectivity index (χ4n) is 0.793. The van der Waals surface area contributed by atoms with E-state index in [1.54, 1.807) is 0 Å². The monoisotopic (exact) mass is 150 g/mol. The molecule has 0 fully saturated rings. The minimum Gasteiger partial charge on any atom is -0.505 e. The molecular weight excluding hydrogens is 143 g/mol. The lowest BCUT2D eigenvalue weighted by Crippen LogP contribution is -2.04. The van der Waals surface area contributed by atoms with Gasteiger partial charge in [-0.05, 0) is 11.6 Å². The summed E-state index contributed by atoms with van der Waals surface area (Å²) >= 11 is 0. The zero-order chi connectivity index (χ0) is 8.43. The third-order valence-electron chi connectivity index (χ3n) is 1.36. The van der Waals surface area contributed by atoms with E-state index in [2.05, 4.69) is 0 Å². The van der Waals surface area contributed by atoms with Crippen LogP contribution in [0.15, 0.2) is 12.1 Å². The normalized spacial score (nSPS) is 9.91. The molecule has 1 aromatic carbocycles. The van der Waals surface area contributed by atoms with Crippen molar-refractivity contribution in [3.05, 3.63) is 17.7 Å². The van der Waals surface area contributed by atoms with Crippen molar-refractivity contribution in [2.75, 3.05) is 0 Å². The van der Waals surface area contributed by atoms with E-state index in [1.165, 1.54) is 12.1 Å². The molecular formula is C7H7BO3. The molecule has 1 aromatic rings. The van der Waals surface area contributed by atoms with Crippen molar-refractivity contribution in [2.45, 2.75) is 6.61 Å². The summed E-state index contributed by atoms with van der Waals surface area (Å²) in [6.07, 6.45) is 0. The van der Waals surface area contributed by atoms with Crippen LogP contribution in [0.2, 0.25) is 0 Å². The Hall–Kier alpha value is -1.16. The van der Waals surface area contributed by atoms with E-state index < -0.39 is 0 Å². The van der Waals surface area contributed by atoms with Gasteiger partial charge in [0.2, 0.25) is 0 Å². The molecule has 0 aliphatic carbocycles. The fourth-order valence-corrected chi connectivity index (χ4v) is 0.793. The average Bonchev–Trinajstić information content (AvgIpc) is 1.99. The van der Waals surface area contributed by atoms with Gasteiger partial charge in [0.15, 0.2) is 5.75 Å². The molecule has 0 unspecified atom stereocenters. The number of aliphatic hydroxyl groups excluding tert-OH is 1. The van der Waals surface area contributed by atoms with Gasteiger partial charge in [0.1, 0.15) is 13.6 Å². The molecule has 11 heavy (non-hydrogen) atoms. The minimum absolute atomic E-state index is 0.0639. The summed E-state index contributed by atoms with van der Waals surface area (Å²) in [5, 5.41) is 26.6. The molecule has 0 aliphatic rings. The van der Waals surface area contributed by atoms with Crippen LogP contribution in [-0.4, -0.2) is 23.2 Å². The third-order valence-corrected chi connectivity index (χ3v) is 1.36. The smallest absolute Gasteiger partial charge is 0.157 e. The summed E-state index contributed by atoms with van der Waals surface area (Å²) in [4.78, 5) is 0. The van der Waals surface area contributed by atoms with Gasteiger partial charge in [0.25, 0.3) is 0 Å². The van der Waals surface area contributed by atoms with Crippen molar-refractivity contribution in [3.63, 3.8) is 0 Å². The average molecular weight is 150 g/mol. The molecule has 4 heteroatoms. The van der Waals surface area contributed by atoms with Crippen LogP contribution in [0.5, 0.6) is 11.5 Å². The molecule has 0 saturated heterocycles. The molecule has 0 aliphatic heterocycles. The molecule has 0 amide bonds. The number of phenolic OH excluding ortho intramolecular Hbond substituents is 2. The Labute approximate surface area is 65.3 Å². The predicted octanol–water partition coefficient (Wildman–Crippen LogP) is -0.616. The highest BCUT2D eigenvalue weighted by molar-refractivity contribution is 6.34. The summed E-state index contributed by atoms with van der Waals surface area (Å²) in [5.74, 6) is -0.656. The topological polar surface area (TPSA) is 60.7 Å². The van der Waals surface area contributed by atoms with Gasteiger partial charge in [-0.2, -0.15) is 0 Å². The van der Waals surface area contributed by atoms with E-state index >= 15 is 0 Å². The van der Waals surface area contributed by atoms with Gasteiger partial charge in [-0.1, -0.05) is 11.5 Å². The van der Waals surface area contributed by atoms with Crippen LogP contribution in [-0.2, 0) is 6.61 Å². The van der Waals surface area contributed by atoms with Crippen LogP contribution >= 0.6 is 0 Å². The molecule has 0 aromatic heterocycles. The van der Waals surface area contributed by atoms with Crippen molar-refractivity contribution in [2.24, 2.45) is 0 Å². The Morgan fingerprint density at radius 2 is 1.91 bits per heavy atom. The summed E-state index contributed by atoms with van der Waals surface area (Å²) in [6, 6.07) is 2.65.